The van der Waals surface area contributed by atoms with Crippen LogP contribution in [0, 0.1) is 0 Å². The minimum atomic E-state index is -0.662. The third kappa shape index (κ3) is 2.44. The first-order valence-electron chi connectivity index (χ1n) is 7.05. The topological polar surface area (TPSA) is 130 Å². The van der Waals surface area contributed by atoms with Gasteiger partial charge in [0.25, 0.3) is 5.95 Å². The third-order valence-electron chi connectivity index (χ3n) is 3.73. The Hall–Kier alpha value is -3.55. The number of ether oxygens (including phenoxy) is 2. The van der Waals surface area contributed by atoms with Gasteiger partial charge in [-0.2, -0.15) is 0 Å². The SMILES string of the molecule is COc1cc2c(=O)c(-c3ccc(O)c(O)c3)c(OC)oc2c(O)c1O. The van der Waals surface area contributed by atoms with E-state index >= 15 is 0 Å². The van der Waals surface area contributed by atoms with Crippen molar-refractivity contribution in [3.8, 4) is 45.8 Å². The van der Waals surface area contributed by atoms with Crippen LogP contribution < -0.4 is 14.9 Å². The van der Waals surface area contributed by atoms with Gasteiger partial charge in [-0.1, -0.05) is 6.07 Å². The molecule has 1 heterocycles. The summed E-state index contributed by atoms with van der Waals surface area (Å²) in [4.78, 5) is 12.9. The molecule has 2 aromatic carbocycles. The maximum absolute atomic E-state index is 12.9. The average Bonchev–Trinajstić information content (AvgIpc) is 2.60. The number of hydrogen-bond acceptors (Lipinski definition) is 8. The Bertz CT molecular complexity index is 1040. The van der Waals surface area contributed by atoms with Crippen molar-refractivity contribution in [3.63, 3.8) is 0 Å². The van der Waals surface area contributed by atoms with Gasteiger partial charge < -0.3 is 34.3 Å². The maximum Gasteiger partial charge on any atom is 0.296 e. The first kappa shape index (κ1) is 16.3. The molecule has 0 aliphatic heterocycles. The summed E-state index contributed by atoms with van der Waals surface area (Å²) in [5.41, 5.74) is -0.657. The minimum Gasteiger partial charge on any atom is -0.504 e. The smallest absolute Gasteiger partial charge is 0.296 e. The Morgan fingerprint density at radius 1 is 0.920 bits per heavy atom. The van der Waals surface area contributed by atoms with E-state index in [0.29, 0.717) is 0 Å². The molecule has 0 aliphatic carbocycles. The van der Waals surface area contributed by atoms with Crippen molar-refractivity contribution in [2.75, 3.05) is 14.2 Å². The lowest BCUT2D eigenvalue weighted by Gasteiger charge is -2.12. The van der Waals surface area contributed by atoms with E-state index in [4.69, 9.17) is 13.9 Å². The number of fused-ring (bicyclic) bond motifs is 1. The van der Waals surface area contributed by atoms with E-state index < -0.39 is 22.7 Å². The van der Waals surface area contributed by atoms with Gasteiger partial charge in [0.15, 0.2) is 22.8 Å². The van der Waals surface area contributed by atoms with Crippen LogP contribution in [0.5, 0.6) is 34.7 Å². The van der Waals surface area contributed by atoms with Crippen LogP contribution in [0.3, 0.4) is 0 Å². The van der Waals surface area contributed by atoms with Crippen LogP contribution in [0.25, 0.3) is 22.1 Å². The van der Waals surface area contributed by atoms with Crippen molar-refractivity contribution in [3.05, 3.63) is 34.5 Å². The van der Waals surface area contributed by atoms with E-state index in [0.717, 1.165) is 0 Å². The highest BCUT2D eigenvalue weighted by Crippen LogP contribution is 2.43. The summed E-state index contributed by atoms with van der Waals surface area (Å²) < 4.78 is 15.4. The lowest BCUT2D eigenvalue weighted by molar-refractivity contribution is 0.305. The largest absolute Gasteiger partial charge is 0.504 e. The Balaban J connectivity index is 2.43. The molecule has 8 nitrogen and oxygen atoms in total. The van der Waals surface area contributed by atoms with Gasteiger partial charge in [-0.25, -0.2) is 0 Å². The molecule has 0 saturated heterocycles. The van der Waals surface area contributed by atoms with Crippen molar-refractivity contribution in [2.45, 2.75) is 0 Å². The van der Waals surface area contributed by atoms with Gasteiger partial charge in [-0.15, -0.1) is 0 Å². The zero-order chi connectivity index (χ0) is 18.3. The predicted octanol–water partition coefficient (Wildman–Crippen LogP) is 2.30. The molecule has 0 atom stereocenters. The second-order valence-corrected chi connectivity index (χ2v) is 5.15. The van der Waals surface area contributed by atoms with Crippen molar-refractivity contribution < 1.29 is 34.3 Å². The summed E-state index contributed by atoms with van der Waals surface area (Å²) in [7, 11) is 2.53. The quantitative estimate of drug-likeness (QED) is 0.532. The van der Waals surface area contributed by atoms with Crippen molar-refractivity contribution in [2.24, 2.45) is 0 Å². The van der Waals surface area contributed by atoms with E-state index in [9.17, 15) is 25.2 Å². The highest BCUT2D eigenvalue weighted by molar-refractivity contribution is 5.91. The fourth-order valence-corrected chi connectivity index (χ4v) is 2.49. The monoisotopic (exact) mass is 346 g/mol. The van der Waals surface area contributed by atoms with Crippen molar-refractivity contribution in [1.29, 1.82) is 0 Å². The number of methoxy groups -OCH3 is 2. The first-order valence-corrected chi connectivity index (χ1v) is 7.05. The van der Waals surface area contributed by atoms with Crippen molar-refractivity contribution in [1.82, 2.24) is 0 Å². The van der Waals surface area contributed by atoms with E-state index in [2.05, 4.69) is 0 Å². The molecule has 25 heavy (non-hydrogen) atoms. The minimum absolute atomic E-state index is 0.0301. The summed E-state index contributed by atoms with van der Waals surface area (Å²) in [6.45, 7) is 0. The van der Waals surface area contributed by atoms with Crippen LogP contribution >= 0.6 is 0 Å². The van der Waals surface area contributed by atoms with Crippen molar-refractivity contribution >= 4 is 11.0 Å². The number of hydrogen-bond donors (Lipinski definition) is 4. The molecule has 4 N–H and O–H groups in total. The summed E-state index contributed by atoms with van der Waals surface area (Å²) in [6, 6.07) is 5.00. The number of aromatic hydroxyl groups is 4. The van der Waals surface area contributed by atoms with Crippen LogP contribution in [0.4, 0.5) is 0 Å². The van der Waals surface area contributed by atoms with Gasteiger partial charge in [0.2, 0.25) is 16.9 Å². The van der Waals surface area contributed by atoms with Gasteiger partial charge in [-0.3, -0.25) is 4.79 Å². The van der Waals surface area contributed by atoms with Crippen LogP contribution in [0.2, 0.25) is 0 Å². The number of phenols is 4. The molecule has 0 radical (unpaired) electrons. The number of rotatable bonds is 3. The number of phenolic OH excluding ortho intramolecular Hbond substituents is 4. The molecule has 0 bridgehead atoms. The molecule has 0 spiro atoms. The molecule has 0 unspecified atom stereocenters. The highest BCUT2D eigenvalue weighted by Gasteiger charge is 2.23. The zero-order valence-electron chi connectivity index (χ0n) is 13.2. The van der Waals surface area contributed by atoms with Gasteiger partial charge in [0.1, 0.15) is 5.56 Å². The third-order valence-corrected chi connectivity index (χ3v) is 3.73. The van der Waals surface area contributed by atoms with Crippen LogP contribution in [-0.4, -0.2) is 34.6 Å². The average molecular weight is 346 g/mol. The molecule has 1 aromatic heterocycles. The van der Waals surface area contributed by atoms with Gasteiger partial charge in [0, 0.05) is 0 Å². The fraction of sp³-hybridized carbons (Fsp3) is 0.118. The fourth-order valence-electron chi connectivity index (χ4n) is 2.49. The molecule has 0 aliphatic rings. The lowest BCUT2D eigenvalue weighted by Crippen LogP contribution is -2.08. The molecule has 130 valence electrons. The molecule has 8 heteroatoms. The Labute approximate surface area is 140 Å². The summed E-state index contributed by atoms with van der Waals surface area (Å²) in [6.07, 6.45) is 0. The lowest BCUT2D eigenvalue weighted by atomic mass is 10.0. The standard InChI is InChI=1S/C17H14O8/c1-23-11-6-8-13(20)12(7-3-4-9(18)10(19)5-7)17(24-2)25-16(8)15(22)14(11)21/h3-6,18-19,21-22H,1-2H3. The highest BCUT2D eigenvalue weighted by atomic mass is 16.6. The second-order valence-electron chi connectivity index (χ2n) is 5.15. The first-order chi connectivity index (χ1) is 11.9. The molecule has 0 amide bonds. The van der Waals surface area contributed by atoms with E-state index in [1.807, 2.05) is 0 Å². The molecule has 0 saturated carbocycles. The summed E-state index contributed by atoms with van der Waals surface area (Å²) >= 11 is 0. The molecular weight excluding hydrogens is 332 g/mol. The predicted molar refractivity (Wildman–Crippen MR) is 87.7 cm³/mol. The van der Waals surface area contributed by atoms with E-state index in [1.54, 1.807) is 0 Å². The Morgan fingerprint density at radius 3 is 2.24 bits per heavy atom. The molecule has 3 aromatic rings. The van der Waals surface area contributed by atoms with Crippen LogP contribution in [0.15, 0.2) is 33.5 Å². The van der Waals surface area contributed by atoms with E-state index in [1.165, 1.54) is 38.5 Å². The molecule has 0 fully saturated rings. The zero-order valence-corrected chi connectivity index (χ0v) is 13.2. The van der Waals surface area contributed by atoms with Gasteiger partial charge >= 0.3 is 0 Å². The summed E-state index contributed by atoms with van der Waals surface area (Å²) in [5, 5.41) is 39.0. The summed E-state index contributed by atoms with van der Waals surface area (Å²) in [5.74, 6) is -2.35. The Kier molecular flexibility index (Phi) is 3.80. The normalized spacial score (nSPS) is 10.8. The maximum atomic E-state index is 12.9. The van der Waals surface area contributed by atoms with E-state index in [-0.39, 0.29) is 39.5 Å². The van der Waals surface area contributed by atoms with Gasteiger partial charge in [0.05, 0.1) is 19.6 Å². The molecule has 3 rings (SSSR count). The van der Waals surface area contributed by atoms with Crippen LogP contribution in [0.1, 0.15) is 0 Å². The van der Waals surface area contributed by atoms with Gasteiger partial charge in [-0.05, 0) is 23.8 Å². The second kappa shape index (κ2) is 5.82. The number of benzene rings is 2. The molecular formula is C17H14O8. The van der Waals surface area contributed by atoms with Crippen LogP contribution in [-0.2, 0) is 0 Å². The Morgan fingerprint density at radius 2 is 1.64 bits per heavy atom.